The average molecular weight is 292 g/mol. The van der Waals surface area contributed by atoms with E-state index >= 15 is 0 Å². The van der Waals surface area contributed by atoms with E-state index in [1.165, 1.54) is 4.88 Å². The van der Waals surface area contributed by atoms with Crippen LogP contribution in [-0.4, -0.2) is 22.5 Å². The maximum atomic E-state index is 5.84. The monoisotopic (exact) mass is 291 g/mol. The second-order valence-electron chi connectivity index (χ2n) is 2.94. The molecule has 7 heteroatoms. The van der Waals surface area contributed by atoms with Crippen molar-refractivity contribution in [3.63, 3.8) is 0 Å². The minimum absolute atomic E-state index is 0.847. The largest absolute Gasteiger partial charge is 0.311 e. The van der Waals surface area contributed by atoms with Crippen LogP contribution in [0, 0.1) is 0 Å². The van der Waals surface area contributed by atoms with Gasteiger partial charge in [-0.25, -0.2) is 0 Å². The zero-order valence-electron chi connectivity index (χ0n) is 8.35. The molecule has 2 aromatic rings. The third-order valence-electron chi connectivity index (χ3n) is 1.77. The summed E-state index contributed by atoms with van der Waals surface area (Å²) in [7, 11) is 0. The lowest BCUT2D eigenvalue weighted by Crippen LogP contribution is -2.15. The van der Waals surface area contributed by atoms with Gasteiger partial charge in [0.15, 0.2) is 4.34 Å². The fourth-order valence-electron chi connectivity index (χ4n) is 1.09. The van der Waals surface area contributed by atoms with Gasteiger partial charge in [0.25, 0.3) is 0 Å². The Hall–Kier alpha value is -0.140. The van der Waals surface area contributed by atoms with E-state index in [0.29, 0.717) is 0 Å². The number of thioether (sulfide) groups is 1. The van der Waals surface area contributed by atoms with E-state index in [9.17, 15) is 0 Å². The molecule has 2 rings (SSSR count). The molecule has 0 unspecified atom stereocenters. The van der Waals surface area contributed by atoms with E-state index in [1.54, 1.807) is 39.9 Å². The van der Waals surface area contributed by atoms with Crippen molar-refractivity contribution < 1.29 is 0 Å². The fourth-order valence-corrected chi connectivity index (χ4v) is 3.61. The highest BCUT2D eigenvalue weighted by molar-refractivity contribution is 8.01. The zero-order valence-corrected chi connectivity index (χ0v) is 11.6. The number of thiophene rings is 1. The summed E-state index contributed by atoms with van der Waals surface area (Å²) >= 11 is 10.8. The summed E-state index contributed by atoms with van der Waals surface area (Å²) < 4.78 is 1.88. The maximum absolute atomic E-state index is 5.84. The molecule has 86 valence electrons. The van der Waals surface area contributed by atoms with Crippen LogP contribution in [0.25, 0.3) is 0 Å². The molecule has 0 atom stereocenters. The molecular formula is C9H10ClN3S3. The molecule has 1 N–H and O–H groups in total. The third kappa shape index (κ3) is 4.03. The molecule has 2 heterocycles. The van der Waals surface area contributed by atoms with E-state index in [2.05, 4.69) is 21.6 Å². The third-order valence-corrected chi connectivity index (χ3v) is 4.87. The number of rotatable bonds is 6. The molecule has 0 aliphatic rings. The van der Waals surface area contributed by atoms with E-state index in [4.69, 9.17) is 11.6 Å². The van der Waals surface area contributed by atoms with Crippen molar-refractivity contribution in [1.29, 1.82) is 0 Å². The molecule has 2 aromatic heterocycles. The molecule has 16 heavy (non-hydrogen) atoms. The first-order valence-corrected chi connectivity index (χ1v) is 7.74. The SMILES string of the molecule is Clc1ccc(CNCCSc2nncs2)s1. The Labute approximate surface area is 111 Å². The number of nitrogens with zero attached hydrogens (tertiary/aromatic N) is 2. The Morgan fingerprint density at radius 1 is 1.44 bits per heavy atom. The first-order valence-electron chi connectivity index (χ1n) is 4.68. The van der Waals surface area contributed by atoms with E-state index in [0.717, 1.165) is 27.5 Å². The van der Waals surface area contributed by atoms with Gasteiger partial charge in [-0.3, -0.25) is 0 Å². The van der Waals surface area contributed by atoms with Gasteiger partial charge in [0, 0.05) is 23.7 Å². The zero-order chi connectivity index (χ0) is 11.2. The molecule has 0 amide bonds. The summed E-state index contributed by atoms with van der Waals surface area (Å²) in [6.45, 7) is 1.84. The molecular weight excluding hydrogens is 282 g/mol. The Bertz CT molecular complexity index is 415. The Morgan fingerprint density at radius 3 is 3.06 bits per heavy atom. The van der Waals surface area contributed by atoms with Crippen LogP contribution in [0.1, 0.15) is 4.88 Å². The minimum atomic E-state index is 0.847. The van der Waals surface area contributed by atoms with Gasteiger partial charge >= 0.3 is 0 Å². The minimum Gasteiger partial charge on any atom is -0.311 e. The van der Waals surface area contributed by atoms with E-state index in [-0.39, 0.29) is 0 Å². The van der Waals surface area contributed by atoms with Crippen molar-refractivity contribution in [2.45, 2.75) is 10.9 Å². The quantitative estimate of drug-likeness (QED) is 0.655. The summed E-state index contributed by atoms with van der Waals surface area (Å²) in [6, 6.07) is 3.98. The van der Waals surface area contributed by atoms with E-state index in [1.807, 2.05) is 6.07 Å². The highest BCUT2D eigenvalue weighted by atomic mass is 35.5. The standard InChI is InChI=1S/C9H10ClN3S3/c10-8-2-1-7(16-8)5-11-3-4-14-9-13-12-6-15-9/h1-2,6,11H,3-5H2. The molecule has 0 aromatic carbocycles. The van der Waals surface area contributed by atoms with Gasteiger partial charge in [-0.05, 0) is 12.1 Å². The van der Waals surface area contributed by atoms with Crippen molar-refractivity contribution in [3.8, 4) is 0 Å². The smallest absolute Gasteiger partial charge is 0.174 e. The first-order chi connectivity index (χ1) is 7.84. The second-order valence-corrected chi connectivity index (χ2v) is 6.91. The number of halogens is 1. The number of hydrogen-bond donors (Lipinski definition) is 1. The van der Waals surface area contributed by atoms with Crippen LogP contribution in [0.4, 0.5) is 0 Å². The highest BCUT2D eigenvalue weighted by Gasteiger charge is 1.99. The van der Waals surface area contributed by atoms with Crippen LogP contribution in [-0.2, 0) is 6.54 Å². The highest BCUT2D eigenvalue weighted by Crippen LogP contribution is 2.21. The van der Waals surface area contributed by atoms with Crippen molar-refractivity contribution in [3.05, 3.63) is 26.9 Å². The lowest BCUT2D eigenvalue weighted by atomic mass is 10.4. The summed E-state index contributed by atoms with van der Waals surface area (Å²) in [5.41, 5.74) is 1.75. The lowest BCUT2D eigenvalue weighted by molar-refractivity contribution is 0.741. The average Bonchev–Trinajstić information content (AvgIpc) is 2.89. The van der Waals surface area contributed by atoms with E-state index < -0.39 is 0 Å². The second kappa shape index (κ2) is 6.56. The van der Waals surface area contributed by atoms with Crippen molar-refractivity contribution in [2.24, 2.45) is 0 Å². The summed E-state index contributed by atoms with van der Waals surface area (Å²) in [6.07, 6.45) is 0. The van der Waals surface area contributed by atoms with Crippen LogP contribution >= 0.6 is 46.0 Å². The van der Waals surface area contributed by atoms with Gasteiger partial charge in [0.2, 0.25) is 0 Å². The molecule has 0 aliphatic carbocycles. The molecule has 3 nitrogen and oxygen atoms in total. The summed E-state index contributed by atoms with van der Waals surface area (Å²) in [5.74, 6) is 1.01. The molecule has 0 radical (unpaired) electrons. The first kappa shape index (κ1) is 12.3. The molecule has 0 saturated carbocycles. The van der Waals surface area contributed by atoms with Crippen molar-refractivity contribution in [2.75, 3.05) is 12.3 Å². The van der Waals surface area contributed by atoms with Gasteiger partial charge in [-0.1, -0.05) is 34.7 Å². The van der Waals surface area contributed by atoms with Gasteiger partial charge < -0.3 is 5.32 Å². The summed E-state index contributed by atoms with van der Waals surface area (Å²) in [4.78, 5) is 1.27. The Kier molecular flexibility index (Phi) is 5.05. The number of nitrogens with one attached hydrogen (secondary N) is 1. The predicted molar refractivity (Wildman–Crippen MR) is 71.7 cm³/mol. The Balaban J connectivity index is 1.59. The number of aromatic nitrogens is 2. The van der Waals surface area contributed by atoms with Gasteiger partial charge in [0.1, 0.15) is 5.51 Å². The van der Waals surface area contributed by atoms with Crippen LogP contribution in [0.5, 0.6) is 0 Å². The van der Waals surface area contributed by atoms with Gasteiger partial charge in [-0.2, -0.15) is 0 Å². The van der Waals surface area contributed by atoms with Crippen molar-refractivity contribution >= 4 is 46.0 Å². The predicted octanol–water partition coefficient (Wildman–Crippen LogP) is 3.13. The van der Waals surface area contributed by atoms with Crippen LogP contribution in [0.15, 0.2) is 22.0 Å². The summed E-state index contributed by atoms with van der Waals surface area (Å²) in [5, 5.41) is 11.1. The van der Waals surface area contributed by atoms with Gasteiger partial charge in [-0.15, -0.1) is 21.5 Å². The van der Waals surface area contributed by atoms with Crippen LogP contribution in [0.2, 0.25) is 4.34 Å². The fraction of sp³-hybridized carbons (Fsp3) is 0.333. The molecule has 0 aliphatic heterocycles. The maximum Gasteiger partial charge on any atom is 0.174 e. The van der Waals surface area contributed by atoms with Crippen LogP contribution < -0.4 is 5.32 Å². The van der Waals surface area contributed by atoms with Crippen LogP contribution in [0.3, 0.4) is 0 Å². The molecule has 0 bridgehead atoms. The molecule has 0 saturated heterocycles. The van der Waals surface area contributed by atoms with Gasteiger partial charge in [0.05, 0.1) is 4.34 Å². The normalized spacial score (nSPS) is 10.8. The number of hydrogen-bond acceptors (Lipinski definition) is 6. The molecule has 0 fully saturated rings. The Morgan fingerprint density at radius 2 is 2.38 bits per heavy atom. The lowest BCUT2D eigenvalue weighted by Gasteiger charge is -2.00. The topological polar surface area (TPSA) is 37.8 Å². The van der Waals surface area contributed by atoms with Crippen molar-refractivity contribution in [1.82, 2.24) is 15.5 Å². The molecule has 0 spiro atoms.